The van der Waals surface area contributed by atoms with E-state index in [-0.39, 0.29) is 12.2 Å². The van der Waals surface area contributed by atoms with Gasteiger partial charge >= 0.3 is 0 Å². The molecule has 4 N–H and O–H groups in total. The molecule has 7 rings (SSSR count). The summed E-state index contributed by atoms with van der Waals surface area (Å²) in [5.74, 6) is 2.36. The lowest BCUT2D eigenvalue weighted by molar-refractivity contribution is 0.122. The van der Waals surface area contributed by atoms with Gasteiger partial charge in [0.05, 0.1) is 38.1 Å². The fourth-order valence-corrected chi connectivity index (χ4v) is 5.12. The van der Waals surface area contributed by atoms with E-state index in [0.29, 0.717) is 43.2 Å². The summed E-state index contributed by atoms with van der Waals surface area (Å²) in [4.78, 5) is 22.0. The second-order valence-corrected chi connectivity index (χ2v) is 10.1. The molecule has 3 aromatic heterocycles. The van der Waals surface area contributed by atoms with Crippen LogP contribution in [0.15, 0.2) is 36.5 Å². The number of nitrogens with one attached hydrogen (secondary N) is 2. The number of nitrogens with zero attached hydrogens (tertiary/aromatic N) is 7. The number of fused-ring (bicyclic) bond motifs is 1. The number of β-amino-alcohol motifs (C(OH)–C–C–N with tert-alkyl or cyclic N) is 2. The standard InChI is InChI=1S/C23H26N8O3.C4H9NO.C2H6/c1-33-21-17(15-5-3-2-4-6-15)14-31(28-21)23-26-19-18(20(27-23)29-9-11-34-12-10-29)24-22(25-19)30-8-7-16(32)13-30;6-4-1-2-5-3-4;1-2/h2-6,14,16,32H,7-13H2,1H3,(H,24,25,26,27);4-6H,1-3H2;1-2H3/t16-;4-;/m00./s1. The van der Waals surface area contributed by atoms with Gasteiger partial charge in [0.15, 0.2) is 11.5 Å². The largest absolute Gasteiger partial charge is 0.479 e. The molecule has 4 aromatic rings. The number of imidazole rings is 1. The predicted octanol–water partition coefficient (Wildman–Crippen LogP) is 1.99. The lowest BCUT2D eigenvalue weighted by Gasteiger charge is -2.28. The number of aliphatic hydroxyl groups is 2. The van der Waals surface area contributed by atoms with Crippen molar-refractivity contribution in [2.45, 2.75) is 38.9 Å². The molecule has 0 unspecified atom stereocenters. The zero-order valence-corrected chi connectivity index (χ0v) is 24.5. The molecule has 0 bridgehead atoms. The van der Waals surface area contributed by atoms with E-state index in [1.807, 2.05) is 55.3 Å². The highest BCUT2D eigenvalue weighted by atomic mass is 16.5. The third-order valence-corrected chi connectivity index (χ3v) is 7.28. The van der Waals surface area contributed by atoms with E-state index in [4.69, 9.17) is 29.5 Å². The summed E-state index contributed by atoms with van der Waals surface area (Å²) in [6.45, 7) is 9.78. The van der Waals surface area contributed by atoms with Crippen LogP contribution in [0.4, 0.5) is 11.8 Å². The smallest absolute Gasteiger partial charge is 0.254 e. The first-order valence-corrected chi connectivity index (χ1v) is 14.7. The van der Waals surface area contributed by atoms with Crippen molar-refractivity contribution in [3.05, 3.63) is 36.5 Å². The van der Waals surface area contributed by atoms with Crippen LogP contribution in [0.5, 0.6) is 5.88 Å². The van der Waals surface area contributed by atoms with Gasteiger partial charge in [-0.25, -0.2) is 4.68 Å². The maximum Gasteiger partial charge on any atom is 0.254 e. The summed E-state index contributed by atoms with van der Waals surface area (Å²) in [5.41, 5.74) is 3.17. The van der Waals surface area contributed by atoms with Crippen LogP contribution < -0.4 is 19.9 Å². The first-order valence-electron chi connectivity index (χ1n) is 14.7. The van der Waals surface area contributed by atoms with E-state index in [2.05, 4.69) is 20.3 Å². The molecular weight excluding hydrogens is 538 g/mol. The quantitative estimate of drug-likeness (QED) is 0.275. The fraction of sp³-hybridized carbons (Fsp3) is 0.517. The van der Waals surface area contributed by atoms with Crippen molar-refractivity contribution >= 4 is 22.9 Å². The lowest BCUT2D eigenvalue weighted by atomic mass is 10.1. The highest BCUT2D eigenvalue weighted by molar-refractivity contribution is 5.86. The Morgan fingerprint density at radius 3 is 2.36 bits per heavy atom. The Hall–Kier alpha value is -3.78. The van der Waals surface area contributed by atoms with Gasteiger partial charge < -0.3 is 39.8 Å². The molecule has 2 atom stereocenters. The SMILES string of the molecule is CC.COc1nn(-c2nc(N3CCOCC3)c3[nH]c(N4CC[C@H](O)C4)nc3n2)cc1-c1ccccc1.O[C@H]1CCNC1. The Morgan fingerprint density at radius 2 is 1.74 bits per heavy atom. The van der Waals surface area contributed by atoms with Crippen LogP contribution in [0, 0.1) is 0 Å². The summed E-state index contributed by atoms with van der Waals surface area (Å²) in [7, 11) is 1.60. The summed E-state index contributed by atoms with van der Waals surface area (Å²) in [5, 5.41) is 26.3. The number of rotatable bonds is 5. The number of hydrogen-bond donors (Lipinski definition) is 4. The molecule has 13 nitrogen and oxygen atoms in total. The topological polar surface area (TPSA) is 150 Å². The molecule has 13 heteroatoms. The normalized spacial score (nSPS) is 20.2. The van der Waals surface area contributed by atoms with Gasteiger partial charge in [0.2, 0.25) is 11.8 Å². The third kappa shape index (κ3) is 6.65. The van der Waals surface area contributed by atoms with Crippen LogP contribution in [-0.2, 0) is 4.74 Å². The molecule has 0 radical (unpaired) electrons. The van der Waals surface area contributed by atoms with Crippen LogP contribution in [0.25, 0.3) is 28.2 Å². The number of H-pyrrole nitrogens is 1. The second-order valence-electron chi connectivity index (χ2n) is 10.1. The summed E-state index contributed by atoms with van der Waals surface area (Å²) >= 11 is 0. The molecule has 0 aliphatic carbocycles. The highest BCUT2D eigenvalue weighted by Crippen LogP contribution is 2.31. The van der Waals surface area contributed by atoms with E-state index < -0.39 is 0 Å². The van der Waals surface area contributed by atoms with Gasteiger partial charge in [-0.05, 0) is 24.9 Å². The van der Waals surface area contributed by atoms with E-state index in [9.17, 15) is 5.11 Å². The Balaban J connectivity index is 0.000000388. The maximum atomic E-state index is 9.98. The van der Waals surface area contributed by atoms with Crippen molar-refractivity contribution in [1.82, 2.24) is 35.0 Å². The van der Waals surface area contributed by atoms with Crippen LogP contribution in [0.3, 0.4) is 0 Å². The summed E-state index contributed by atoms with van der Waals surface area (Å²) in [6, 6.07) is 9.95. The van der Waals surface area contributed by atoms with Crippen LogP contribution in [0.2, 0.25) is 0 Å². The molecule has 0 saturated carbocycles. The van der Waals surface area contributed by atoms with Crippen LogP contribution in [-0.4, -0.2) is 112 Å². The average Bonchev–Trinajstić information content (AvgIpc) is 3.86. The summed E-state index contributed by atoms with van der Waals surface area (Å²) in [6.07, 6.45) is 3.12. The van der Waals surface area contributed by atoms with Gasteiger partial charge in [-0.3, -0.25) is 0 Å². The highest BCUT2D eigenvalue weighted by Gasteiger charge is 2.26. The second kappa shape index (κ2) is 13.9. The minimum absolute atomic E-state index is 0.0648. The van der Waals surface area contributed by atoms with Crippen molar-refractivity contribution in [3.8, 4) is 23.0 Å². The lowest BCUT2D eigenvalue weighted by Crippen LogP contribution is -2.37. The zero-order chi connectivity index (χ0) is 29.5. The third-order valence-electron chi connectivity index (χ3n) is 7.28. The van der Waals surface area contributed by atoms with Crippen molar-refractivity contribution in [3.63, 3.8) is 0 Å². The molecule has 226 valence electrons. The van der Waals surface area contributed by atoms with Gasteiger partial charge in [-0.2, -0.15) is 15.0 Å². The molecule has 3 fully saturated rings. The first kappa shape index (κ1) is 29.7. The van der Waals surface area contributed by atoms with Gasteiger partial charge in [-0.15, -0.1) is 5.10 Å². The molecule has 3 saturated heterocycles. The van der Waals surface area contributed by atoms with Crippen molar-refractivity contribution < 1.29 is 19.7 Å². The predicted molar refractivity (Wildman–Crippen MR) is 162 cm³/mol. The first-order chi connectivity index (χ1) is 20.6. The molecule has 0 spiro atoms. The van der Waals surface area contributed by atoms with Gasteiger partial charge in [0.1, 0.15) is 5.52 Å². The average molecular weight is 580 g/mol. The van der Waals surface area contributed by atoms with Crippen molar-refractivity contribution in [2.24, 2.45) is 0 Å². The Labute approximate surface area is 245 Å². The van der Waals surface area contributed by atoms with Gasteiger partial charge in [0, 0.05) is 38.9 Å². The number of benzene rings is 1. The Kier molecular flexibility index (Phi) is 9.85. The van der Waals surface area contributed by atoms with E-state index in [1.165, 1.54) is 0 Å². The molecule has 6 heterocycles. The number of anilines is 2. The molecule has 3 aliphatic rings. The monoisotopic (exact) mass is 579 g/mol. The molecular formula is C29H41N9O4. The van der Waals surface area contributed by atoms with Crippen LogP contribution >= 0.6 is 0 Å². The van der Waals surface area contributed by atoms with Crippen molar-refractivity contribution in [1.29, 1.82) is 0 Å². The molecule has 1 aromatic carbocycles. The summed E-state index contributed by atoms with van der Waals surface area (Å²) < 4.78 is 12.7. The molecule has 3 aliphatic heterocycles. The van der Waals surface area contributed by atoms with Crippen molar-refractivity contribution in [2.75, 3.05) is 69.4 Å². The Morgan fingerprint density at radius 1 is 0.952 bits per heavy atom. The number of aliphatic hydroxyl groups excluding tert-OH is 2. The van der Waals surface area contributed by atoms with E-state index >= 15 is 0 Å². The number of aromatic amines is 1. The number of morpholine rings is 1. The van der Waals surface area contributed by atoms with Gasteiger partial charge in [-0.1, -0.05) is 44.2 Å². The number of hydrogen-bond acceptors (Lipinski definition) is 11. The zero-order valence-electron chi connectivity index (χ0n) is 24.5. The minimum atomic E-state index is -0.346. The number of methoxy groups -OCH3 is 1. The van der Waals surface area contributed by atoms with E-state index in [1.54, 1.807) is 11.8 Å². The number of aromatic nitrogens is 6. The van der Waals surface area contributed by atoms with E-state index in [0.717, 1.165) is 68.0 Å². The number of ether oxygens (including phenoxy) is 2. The van der Waals surface area contributed by atoms with Crippen LogP contribution in [0.1, 0.15) is 26.7 Å². The maximum absolute atomic E-state index is 9.98. The molecule has 42 heavy (non-hydrogen) atoms. The fourth-order valence-electron chi connectivity index (χ4n) is 5.12. The molecule has 0 amide bonds. The van der Waals surface area contributed by atoms with Gasteiger partial charge in [0.25, 0.3) is 5.95 Å². The Bertz CT molecular complexity index is 1420. The minimum Gasteiger partial charge on any atom is -0.479 e.